The predicted molar refractivity (Wildman–Crippen MR) is 114 cm³/mol. The average molecular weight is 425 g/mol. The minimum Gasteiger partial charge on any atom is -0.444 e. The lowest BCUT2D eigenvalue weighted by Crippen LogP contribution is -2.46. The van der Waals surface area contributed by atoms with Crippen molar-refractivity contribution < 1.29 is 24.0 Å². The van der Waals surface area contributed by atoms with Crippen LogP contribution in [0.15, 0.2) is 54.7 Å². The third kappa shape index (κ3) is 5.81. The van der Waals surface area contributed by atoms with Crippen LogP contribution in [-0.4, -0.2) is 33.6 Å². The van der Waals surface area contributed by atoms with E-state index >= 15 is 0 Å². The van der Waals surface area contributed by atoms with Gasteiger partial charge in [-0.25, -0.2) is 9.59 Å². The lowest BCUT2D eigenvalue weighted by atomic mass is 10.1. The Hall–Kier alpha value is -3.88. The molecule has 0 aliphatic heterocycles. The number of nitrogens with one attached hydrogen (secondary N) is 2. The van der Waals surface area contributed by atoms with Gasteiger partial charge in [-0.2, -0.15) is 0 Å². The Labute approximate surface area is 178 Å². The lowest BCUT2D eigenvalue weighted by molar-refractivity contribution is -0.384. The monoisotopic (exact) mass is 425 g/mol. The van der Waals surface area contributed by atoms with Crippen molar-refractivity contribution in [1.82, 2.24) is 10.3 Å². The van der Waals surface area contributed by atoms with E-state index in [0.29, 0.717) is 0 Å². The third-order valence-corrected chi connectivity index (χ3v) is 4.34. The number of hydrogen-bond donors (Lipinski definition) is 2. The molecule has 2 N–H and O–H groups in total. The van der Waals surface area contributed by atoms with Crippen LogP contribution in [0.25, 0.3) is 10.9 Å². The number of esters is 1. The highest BCUT2D eigenvalue weighted by Crippen LogP contribution is 2.21. The number of ether oxygens (including phenoxy) is 2. The molecule has 0 spiro atoms. The number of non-ortho nitro benzene ring substituents is 1. The molecule has 1 amide bonds. The van der Waals surface area contributed by atoms with Gasteiger partial charge in [0.25, 0.3) is 5.69 Å². The smallest absolute Gasteiger partial charge is 0.408 e. The number of carbonyl (C=O) groups is 2. The van der Waals surface area contributed by atoms with E-state index in [0.717, 1.165) is 16.5 Å². The number of aromatic nitrogens is 1. The molecule has 31 heavy (non-hydrogen) atoms. The van der Waals surface area contributed by atoms with Crippen LogP contribution in [0.3, 0.4) is 0 Å². The number of fused-ring (bicyclic) bond motifs is 1. The minimum absolute atomic E-state index is 0.123. The van der Waals surface area contributed by atoms with Crippen LogP contribution >= 0.6 is 0 Å². The fourth-order valence-electron chi connectivity index (χ4n) is 2.99. The normalized spacial score (nSPS) is 12.2. The maximum Gasteiger partial charge on any atom is 0.408 e. The van der Waals surface area contributed by atoms with Crippen LogP contribution in [0.4, 0.5) is 10.5 Å². The molecule has 0 aliphatic rings. The Morgan fingerprint density at radius 2 is 1.81 bits per heavy atom. The third-order valence-electron chi connectivity index (χ3n) is 4.34. The fraction of sp³-hybridized carbons (Fsp3) is 0.273. The number of aromatic amines is 1. The van der Waals surface area contributed by atoms with Gasteiger partial charge in [0.05, 0.1) is 4.92 Å². The zero-order valence-corrected chi connectivity index (χ0v) is 17.4. The van der Waals surface area contributed by atoms with E-state index in [1.54, 1.807) is 27.0 Å². The highest BCUT2D eigenvalue weighted by Gasteiger charge is 2.27. The number of alkyl carbamates (subject to hydrolysis) is 1. The maximum absolute atomic E-state index is 12.9. The first-order valence-corrected chi connectivity index (χ1v) is 9.63. The van der Waals surface area contributed by atoms with Crippen LogP contribution in [0.5, 0.6) is 5.75 Å². The van der Waals surface area contributed by atoms with Crippen LogP contribution in [-0.2, 0) is 16.0 Å². The molecule has 1 atom stereocenters. The molecule has 162 valence electrons. The zero-order chi connectivity index (χ0) is 22.6. The second-order valence-corrected chi connectivity index (χ2v) is 7.93. The molecule has 0 saturated heterocycles. The number of carbonyl (C=O) groups excluding carboxylic acids is 2. The summed E-state index contributed by atoms with van der Waals surface area (Å²) in [7, 11) is 0. The van der Waals surface area contributed by atoms with Gasteiger partial charge in [-0.1, -0.05) is 18.2 Å². The molecule has 0 bridgehead atoms. The summed E-state index contributed by atoms with van der Waals surface area (Å²) in [5.74, 6) is -0.587. The lowest BCUT2D eigenvalue weighted by Gasteiger charge is -2.23. The van der Waals surface area contributed by atoms with Crippen molar-refractivity contribution in [1.29, 1.82) is 0 Å². The number of benzene rings is 2. The molecule has 0 radical (unpaired) electrons. The van der Waals surface area contributed by atoms with Gasteiger partial charge in [0, 0.05) is 35.7 Å². The Kier molecular flexibility index (Phi) is 6.24. The van der Waals surface area contributed by atoms with Crippen LogP contribution in [0.1, 0.15) is 26.3 Å². The molecule has 9 nitrogen and oxygen atoms in total. The Morgan fingerprint density at radius 3 is 2.45 bits per heavy atom. The van der Waals surface area contributed by atoms with E-state index in [-0.39, 0.29) is 17.9 Å². The van der Waals surface area contributed by atoms with E-state index in [1.165, 1.54) is 24.3 Å². The summed E-state index contributed by atoms with van der Waals surface area (Å²) < 4.78 is 10.6. The number of nitrogens with zero attached hydrogens (tertiary/aromatic N) is 1. The molecular formula is C22H23N3O6. The number of amides is 1. The van der Waals surface area contributed by atoms with Gasteiger partial charge >= 0.3 is 12.1 Å². The van der Waals surface area contributed by atoms with Crippen molar-refractivity contribution >= 4 is 28.7 Å². The highest BCUT2D eigenvalue weighted by atomic mass is 16.6. The number of H-pyrrole nitrogens is 1. The van der Waals surface area contributed by atoms with Crippen molar-refractivity contribution in [2.75, 3.05) is 0 Å². The fourth-order valence-corrected chi connectivity index (χ4v) is 2.99. The van der Waals surface area contributed by atoms with Gasteiger partial charge in [-0.15, -0.1) is 0 Å². The van der Waals surface area contributed by atoms with Gasteiger partial charge in [-0.3, -0.25) is 10.1 Å². The van der Waals surface area contributed by atoms with E-state index < -0.39 is 28.6 Å². The molecule has 2 aromatic carbocycles. The summed E-state index contributed by atoms with van der Waals surface area (Å²) in [6.07, 6.45) is 1.18. The SMILES string of the molecule is CC(C)(C)OC(=O)NC(Cc1c[nH]c2ccccc12)C(=O)Oc1ccc([N+](=O)[O-])cc1. The van der Waals surface area contributed by atoms with E-state index in [2.05, 4.69) is 10.3 Å². The van der Waals surface area contributed by atoms with Crippen molar-refractivity contribution in [2.24, 2.45) is 0 Å². The Balaban J connectivity index is 1.80. The molecule has 9 heteroatoms. The summed E-state index contributed by atoms with van der Waals surface area (Å²) in [5.41, 5.74) is 0.856. The number of rotatable bonds is 6. The molecule has 3 aromatic rings. The highest BCUT2D eigenvalue weighted by molar-refractivity contribution is 5.86. The number of para-hydroxylation sites is 1. The molecule has 0 saturated carbocycles. The predicted octanol–water partition coefficient (Wildman–Crippen LogP) is 4.12. The molecule has 0 fully saturated rings. The van der Waals surface area contributed by atoms with Gasteiger partial charge in [0.2, 0.25) is 0 Å². The topological polar surface area (TPSA) is 124 Å². The van der Waals surface area contributed by atoms with Crippen LogP contribution < -0.4 is 10.1 Å². The summed E-state index contributed by atoms with van der Waals surface area (Å²) in [6.45, 7) is 5.16. The maximum atomic E-state index is 12.9. The first-order chi connectivity index (χ1) is 14.6. The van der Waals surface area contributed by atoms with Gasteiger partial charge in [0.1, 0.15) is 17.4 Å². The van der Waals surface area contributed by atoms with Gasteiger partial charge in [-0.05, 0) is 44.5 Å². The van der Waals surface area contributed by atoms with Crippen LogP contribution in [0, 0.1) is 10.1 Å². The Morgan fingerprint density at radius 1 is 1.13 bits per heavy atom. The molecule has 1 heterocycles. The Bertz CT molecular complexity index is 1100. The number of nitro benzene ring substituents is 1. The van der Waals surface area contributed by atoms with Gasteiger partial charge in [0.15, 0.2) is 0 Å². The van der Waals surface area contributed by atoms with Crippen molar-refractivity contribution in [3.8, 4) is 5.75 Å². The molecule has 0 aliphatic carbocycles. The van der Waals surface area contributed by atoms with Crippen molar-refractivity contribution in [3.63, 3.8) is 0 Å². The first kappa shape index (κ1) is 21.8. The van der Waals surface area contributed by atoms with E-state index in [1.807, 2.05) is 24.3 Å². The van der Waals surface area contributed by atoms with Crippen molar-refractivity contribution in [3.05, 3.63) is 70.4 Å². The molecule has 3 rings (SSSR count). The van der Waals surface area contributed by atoms with Crippen molar-refractivity contribution in [2.45, 2.75) is 38.8 Å². The number of hydrogen-bond acceptors (Lipinski definition) is 6. The first-order valence-electron chi connectivity index (χ1n) is 9.63. The second-order valence-electron chi connectivity index (χ2n) is 7.93. The van der Waals surface area contributed by atoms with Crippen LogP contribution in [0.2, 0.25) is 0 Å². The quantitative estimate of drug-likeness (QED) is 0.265. The average Bonchev–Trinajstić information content (AvgIpc) is 3.09. The molecular weight excluding hydrogens is 402 g/mol. The minimum atomic E-state index is -1.04. The largest absolute Gasteiger partial charge is 0.444 e. The zero-order valence-electron chi connectivity index (χ0n) is 17.4. The summed E-state index contributed by atoms with van der Waals surface area (Å²) in [4.78, 5) is 38.6. The van der Waals surface area contributed by atoms with E-state index in [9.17, 15) is 19.7 Å². The summed E-state index contributed by atoms with van der Waals surface area (Å²) in [5, 5.41) is 14.3. The number of nitro groups is 1. The molecule has 1 unspecified atom stereocenters. The summed E-state index contributed by atoms with van der Waals surface area (Å²) in [6, 6.07) is 11.7. The summed E-state index contributed by atoms with van der Waals surface area (Å²) >= 11 is 0. The molecule has 1 aromatic heterocycles. The van der Waals surface area contributed by atoms with Gasteiger partial charge < -0.3 is 19.8 Å². The second kappa shape index (κ2) is 8.86. The van der Waals surface area contributed by atoms with E-state index in [4.69, 9.17) is 9.47 Å². The standard InChI is InChI=1S/C22H23N3O6/c1-22(2,3)31-21(27)24-19(12-14-13-23-18-7-5-4-6-17(14)18)20(26)30-16-10-8-15(9-11-16)25(28)29/h4-11,13,19,23H,12H2,1-3H3,(H,24,27).